The number of carbonyl (C=O) groups excluding carboxylic acids is 1. The maximum Gasteiger partial charge on any atom is 0.317 e. The molecule has 0 spiro atoms. The van der Waals surface area contributed by atoms with E-state index in [-0.39, 0.29) is 11.6 Å². The molecule has 0 aliphatic rings. The van der Waals surface area contributed by atoms with E-state index in [4.69, 9.17) is 5.26 Å². The minimum absolute atomic E-state index is 0.120. The summed E-state index contributed by atoms with van der Waals surface area (Å²) < 4.78 is 0. The predicted octanol–water partition coefficient (Wildman–Crippen LogP) is 2.50. The number of nitrogens with one attached hydrogen (secondary N) is 1. The summed E-state index contributed by atoms with van der Waals surface area (Å²) in [6.07, 6.45) is 0. The maximum atomic E-state index is 11.9. The molecular weight excluding hydrogens is 226 g/mol. The van der Waals surface area contributed by atoms with Crippen LogP contribution in [0.25, 0.3) is 0 Å². The molecule has 1 rings (SSSR count). The smallest absolute Gasteiger partial charge is 0.317 e. The lowest BCUT2D eigenvalue weighted by molar-refractivity contribution is 0.197. The van der Waals surface area contributed by atoms with Gasteiger partial charge in [-0.15, -0.1) is 0 Å². The van der Waals surface area contributed by atoms with E-state index in [9.17, 15) is 4.79 Å². The summed E-state index contributed by atoms with van der Waals surface area (Å²) in [5, 5.41) is 11.7. The van der Waals surface area contributed by atoms with Crippen LogP contribution in [0.1, 0.15) is 31.9 Å². The van der Waals surface area contributed by atoms with E-state index in [1.807, 2.05) is 32.9 Å². The van der Waals surface area contributed by atoms with E-state index >= 15 is 0 Å². The predicted molar refractivity (Wildman–Crippen MR) is 70.9 cm³/mol. The van der Waals surface area contributed by atoms with Crippen LogP contribution in [-0.2, 0) is 6.54 Å². The first kappa shape index (κ1) is 14.0. The van der Waals surface area contributed by atoms with Gasteiger partial charge in [-0.1, -0.05) is 12.1 Å². The molecule has 96 valence electrons. The topological polar surface area (TPSA) is 56.1 Å². The van der Waals surface area contributed by atoms with Gasteiger partial charge in [-0.25, -0.2) is 4.79 Å². The summed E-state index contributed by atoms with van der Waals surface area (Å²) in [6, 6.07) is 9.24. The largest absolute Gasteiger partial charge is 0.333 e. The van der Waals surface area contributed by atoms with Crippen LogP contribution in [0.15, 0.2) is 24.3 Å². The Kier molecular flexibility index (Phi) is 4.33. The first-order chi connectivity index (χ1) is 8.31. The van der Waals surface area contributed by atoms with Gasteiger partial charge in [0.05, 0.1) is 11.6 Å². The van der Waals surface area contributed by atoms with Crippen molar-refractivity contribution < 1.29 is 4.79 Å². The Bertz CT molecular complexity index is 469. The number of benzene rings is 1. The average molecular weight is 245 g/mol. The van der Waals surface area contributed by atoms with Crippen LogP contribution in [0.4, 0.5) is 4.79 Å². The van der Waals surface area contributed by atoms with E-state index in [1.165, 1.54) is 0 Å². The maximum absolute atomic E-state index is 11.9. The van der Waals surface area contributed by atoms with Crippen LogP contribution < -0.4 is 5.32 Å². The van der Waals surface area contributed by atoms with Crippen molar-refractivity contribution in [2.45, 2.75) is 32.9 Å². The number of amides is 2. The second kappa shape index (κ2) is 5.54. The zero-order chi connectivity index (χ0) is 13.8. The zero-order valence-corrected chi connectivity index (χ0v) is 11.3. The molecule has 0 atom stereocenters. The molecule has 1 aromatic carbocycles. The molecule has 0 aliphatic heterocycles. The van der Waals surface area contributed by atoms with Crippen molar-refractivity contribution in [1.29, 1.82) is 5.26 Å². The summed E-state index contributed by atoms with van der Waals surface area (Å²) in [6.45, 7) is 6.30. The van der Waals surface area contributed by atoms with Gasteiger partial charge < -0.3 is 10.2 Å². The molecule has 0 radical (unpaired) electrons. The highest BCUT2D eigenvalue weighted by molar-refractivity contribution is 5.74. The fourth-order valence-electron chi connectivity index (χ4n) is 1.50. The molecule has 0 saturated heterocycles. The van der Waals surface area contributed by atoms with Gasteiger partial charge in [-0.05, 0) is 38.5 Å². The molecule has 1 aromatic rings. The fourth-order valence-corrected chi connectivity index (χ4v) is 1.50. The normalized spacial score (nSPS) is 10.6. The van der Waals surface area contributed by atoms with Gasteiger partial charge in [0.25, 0.3) is 0 Å². The molecule has 0 saturated carbocycles. The summed E-state index contributed by atoms with van der Waals surface area (Å²) in [5.41, 5.74) is 1.30. The Hall–Kier alpha value is -2.02. The molecule has 2 amide bonds. The zero-order valence-electron chi connectivity index (χ0n) is 11.3. The number of urea groups is 1. The summed E-state index contributed by atoms with van der Waals surface area (Å²) in [7, 11) is 1.74. The van der Waals surface area contributed by atoms with Gasteiger partial charge in [0, 0.05) is 19.1 Å². The molecule has 4 nitrogen and oxygen atoms in total. The van der Waals surface area contributed by atoms with E-state index in [2.05, 4.69) is 11.4 Å². The highest BCUT2D eigenvalue weighted by Crippen LogP contribution is 2.08. The minimum atomic E-state index is -0.250. The standard InChI is InChI=1S/C14H19N3O/c1-14(2,3)16-13(18)17(4)10-12-7-5-6-11(8-12)9-15/h5-8H,10H2,1-4H3,(H,16,18). The lowest BCUT2D eigenvalue weighted by Crippen LogP contribution is -2.46. The monoisotopic (exact) mass is 245 g/mol. The highest BCUT2D eigenvalue weighted by Gasteiger charge is 2.16. The number of hydrogen-bond acceptors (Lipinski definition) is 2. The van der Waals surface area contributed by atoms with Gasteiger partial charge in [0.2, 0.25) is 0 Å². The van der Waals surface area contributed by atoms with Crippen LogP contribution in [0.3, 0.4) is 0 Å². The number of nitrogens with zero attached hydrogens (tertiary/aromatic N) is 2. The van der Waals surface area contributed by atoms with E-state index in [0.29, 0.717) is 12.1 Å². The molecular formula is C14H19N3O. The molecule has 0 fully saturated rings. The van der Waals surface area contributed by atoms with Gasteiger partial charge in [-0.3, -0.25) is 0 Å². The van der Waals surface area contributed by atoms with Crippen LogP contribution in [-0.4, -0.2) is 23.5 Å². The third kappa shape index (κ3) is 4.46. The quantitative estimate of drug-likeness (QED) is 0.870. The molecule has 0 unspecified atom stereocenters. The molecule has 4 heteroatoms. The molecule has 1 N–H and O–H groups in total. The second-order valence-corrected chi connectivity index (χ2v) is 5.35. The summed E-state index contributed by atoms with van der Waals surface area (Å²) >= 11 is 0. The number of nitriles is 1. The molecule has 0 bridgehead atoms. The van der Waals surface area contributed by atoms with Crippen molar-refractivity contribution >= 4 is 6.03 Å². The number of rotatable bonds is 2. The van der Waals surface area contributed by atoms with Crippen molar-refractivity contribution in [3.8, 4) is 6.07 Å². The molecule has 0 heterocycles. The van der Waals surface area contributed by atoms with Crippen LogP contribution >= 0.6 is 0 Å². The van der Waals surface area contributed by atoms with Crippen LogP contribution in [0.5, 0.6) is 0 Å². The SMILES string of the molecule is CN(Cc1cccc(C#N)c1)C(=O)NC(C)(C)C. The first-order valence-electron chi connectivity index (χ1n) is 5.84. The minimum Gasteiger partial charge on any atom is -0.333 e. The molecule has 0 aliphatic carbocycles. The first-order valence-corrected chi connectivity index (χ1v) is 5.84. The van der Waals surface area contributed by atoms with E-state index in [1.54, 1.807) is 24.1 Å². The van der Waals surface area contributed by atoms with Gasteiger partial charge in [0.15, 0.2) is 0 Å². The van der Waals surface area contributed by atoms with E-state index in [0.717, 1.165) is 5.56 Å². The fraction of sp³-hybridized carbons (Fsp3) is 0.429. The highest BCUT2D eigenvalue weighted by atomic mass is 16.2. The third-order valence-corrected chi connectivity index (χ3v) is 2.30. The Morgan fingerprint density at radius 3 is 2.67 bits per heavy atom. The van der Waals surface area contributed by atoms with Crippen molar-refractivity contribution in [3.05, 3.63) is 35.4 Å². The van der Waals surface area contributed by atoms with Crippen LogP contribution in [0.2, 0.25) is 0 Å². The lowest BCUT2D eigenvalue weighted by Gasteiger charge is -2.25. The molecule has 0 aromatic heterocycles. The number of hydrogen-bond donors (Lipinski definition) is 1. The number of carbonyl (C=O) groups is 1. The van der Waals surface area contributed by atoms with Crippen molar-refractivity contribution in [1.82, 2.24) is 10.2 Å². The van der Waals surface area contributed by atoms with E-state index < -0.39 is 0 Å². The Morgan fingerprint density at radius 2 is 2.11 bits per heavy atom. The van der Waals surface area contributed by atoms with Crippen molar-refractivity contribution in [2.24, 2.45) is 0 Å². The summed E-state index contributed by atoms with van der Waals surface area (Å²) in [5.74, 6) is 0. The average Bonchev–Trinajstić information content (AvgIpc) is 2.27. The Labute approximate surface area is 108 Å². The third-order valence-electron chi connectivity index (χ3n) is 2.30. The Morgan fingerprint density at radius 1 is 1.44 bits per heavy atom. The van der Waals surface area contributed by atoms with Crippen molar-refractivity contribution in [2.75, 3.05) is 7.05 Å². The van der Waals surface area contributed by atoms with Gasteiger partial charge in [0.1, 0.15) is 0 Å². The Balaban J connectivity index is 2.67. The second-order valence-electron chi connectivity index (χ2n) is 5.35. The van der Waals surface area contributed by atoms with Gasteiger partial charge in [-0.2, -0.15) is 5.26 Å². The van der Waals surface area contributed by atoms with Crippen molar-refractivity contribution in [3.63, 3.8) is 0 Å². The molecule has 18 heavy (non-hydrogen) atoms. The van der Waals surface area contributed by atoms with Crippen LogP contribution in [0, 0.1) is 11.3 Å². The summed E-state index contributed by atoms with van der Waals surface area (Å²) in [4.78, 5) is 13.5. The van der Waals surface area contributed by atoms with Gasteiger partial charge >= 0.3 is 6.03 Å². The lowest BCUT2D eigenvalue weighted by atomic mass is 10.1.